The highest BCUT2D eigenvalue weighted by Gasteiger charge is 2.18. The van der Waals surface area contributed by atoms with Gasteiger partial charge in [0.15, 0.2) is 5.82 Å². The van der Waals surface area contributed by atoms with Crippen LogP contribution in [0.15, 0.2) is 27.2 Å². The summed E-state index contributed by atoms with van der Waals surface area (Å²) in [5, 5.41) is 3.78. The summed E-state index contributed by atoms with van der Waals surface area (Å²) in [6, 6.07) is 3.71. The van der Waals surface area contributed by atoms with Crippen LogP contribution in [-0.4, -0.2) is 10.1 Å². The SMILES string of the molecule is CCc1nc(C(N)c2cc(F)ccc2Br)no1. The van der Waals surface area contributed by atoms with Gasteiger partial charge < -0.3 is 10.3 Å². The van der Waals surface area contributed by atoms with Gasteiger partial charge >= 0.3 is 0 Å². The summed E-state index contributed by atoms with van der Waals surface area (Å²) in [4.78, 5) is 4.13. The van der Waals surface area contributed by atoms with Crippen LogP contribution in [0.5, 0.6) is 0 Å². The smallest absolute Gasteiger partial charge is 0.226 e. The molecule has 0 aliphatic carbocycles. The van der Waals surface area contributed by atoms with Crippen LogP contribution in [-0.2, 0) is 6.42 Å². The van der Waals surface area contributed by atoms with Gasteiger partial charge in [0.05, 0.1) is 6.04 Å². The summed E-state index contributed by atoms with van der Waals surface area (Å²) in [7, 11) is 0. The molecule has 0 aliphatic heterocycles. The second-order valence-corrected chi connectivity index (χ2v) is 4.40. The highest BCUT2D eigenvalue weighted by molar-refractivity contribution is 9.10. The molecule has 17 heavy (non-hydrogen) atoms. The lowest BCUT2D eigenvalue weighted by molar-refractivity contribution is 0.375. The van der Waals surface area contributed by atoms with E-state index in [-0.39, 0.29) is 5.82 Å². The van der Waals surface area contributed by atoms with E-state index in [2.05, 4.69) is 26.1 Å². The van der Waals surface area contributed by atoms with Crippen LogP contribution in [0.4, 0.5) is 4.39 Å². The van der Waals surface area contributed by atoms with Gasteiger partial charge in [-0.3, -0.25) is 0 Å². The van der Waals surface area contributed by atoms with E-state index in [1.54, 1.807) is 6.07 Å². The van der Waals surface area contributed by atoms with Gasteiger partial charge in [-0.15, -0.1) is 0 Å². The van der Waals surface area contributed by atoms with Crippen molar-refractivity contribution in [2.45, 2.75) is 19.4 Å². The molecular formula is C11H11BrFN3O. The van der Waals surface area contributed by atoms with Crippen LogP contribution in [0, 0.1) is 5.82 Å². The number of halogens is 2. The standard InChI is InChI=1S/C11H11BrFN3O/c1-2-9-15-11(16-17-9)10(14)7-5-6(13)3-4-8(7)12/h3-5,10H,2,14H2,1H3. The molecule has 6 heteroatoms. The zero-order valence-corrected chi connectivity index (χ0v) is 10.7. The van der Waals surface area contributed by atoms with Crippen molar-refractivity contribution in [3.8, 4) is 0 Å². The average molecular weight is 300 g/mol. The number of nitrogens with zero attached hydrogens (tertiary/aromatic N) is 2. The summed E-state index contributed by atoms with van der Waals surface area (Å²) < 4.78 is 18.8. The Morgan fingerprint density at radius 3 is 2.94 bits per heavy atom. The maximum Gasteiger partial charge on any atom is 0.226 e. The average Bonchev–Trinajstić information content (AvgIpc) is 2.80. The predicted octanol–water partition coefficient (Wildman–Crippen LogP) is 2.58. The third kappa shape index (κ3) is 2.53. The first kappa shape index (κ1) is 12.2. The molecule has 0 radical (unpaired) electrons. The zero-order chi connectivity index (χ0) is 12.4. The molecule has 2 rings (SSSR count). The van der Waals surface area contributed by atoms with Crippen molar-refractivity contribution in [3.63, 3.8) is 0 Å². The van der Waals surface area contributed by atoms with E-state index in [4.69, 9.17) is 10.3 Å². The Balaban J connectivity index is 2.35. The quantitative estimate of drug-likeness (QED) is 0.946. The van der Waals surface area contributed by atoms with Crippen molar-refractivity contribution >= 4 is 15.9 Å². The molecule has 1 heterocycles. The highest BCUT2D eigenvalue weighted by Crippen LogP contribution is 2.26. The normalized spacial score (nSPS) is 12.7. The van der Waals surface area contributed by atoms with Crippen LogP contribution < -0.4 is 5.73 Å². The first-order chi connectivity index (χ1) is 8.11. The molecule has 0 amide bonds. The lowest BCUT2D eigenvalue weighted by Crippen LogP contribution is -2.14. The first-order valence-corrected chi connectivity index (χ1v) is 5.94. The monoisotopic (exact) mass is 299 g/mol. The highest BCUT2D eigenvalue weighted by atomic mass is 79.9. The fourth-order valence-electron chi connectivity index (χ4n) is 1.43. The maximum atomic E-state index is 13.2. The third-order valence-electron chi connectivity index (χ3n) is 2.36. The summed E-state index contributed by atoms with van der Waals surface area (Å²) in [5.74, 6) is 0.522. The van der Waals surface area contributed by atoms with E-state index in [1.807, 2.05) is 6.92 Å². The van der Waals surface area contributed by atoms with E-state index in [0.717, 1.165) is 0 Å². The minimum Gasteiger partial charge on any atom is -0.339 e. The Labute approximate surface area is 106 Å². The molecule has 0 bridgehead atoms. The van der Waals surface area contributed by atoms with Gasteiger partial charge in [0, 0.05) is 10.9 Å². The Hall–Kier alpha value is -1.27. The van der Waals surface area contributed by atoms with E-state index < -0.39 is 6.04 Å². The Kier molecular flexibility index (Phi) is 3.54. The number of aryl methyl sites for hydroxylation is 1. The lowest BCUT2D eigenvalue weighted by Gasteiger charge is -2.09. The van der Waals surface area contributed by atoms with Crippen molar-refractivity contribution < 1.29 is 8.91 Å². The first-order valence-electron chi connectivity index (χ1n) is 5.14. The Morgan fingerprint density at radius 1 is 1.53 bits per heavy atom. The van der Waals surface area contributed by atoms with Crippen molar-refractivity contribution in [3.05, 3.63) is 45.8 Å². The molecule has 0 fully saturated rings. The molecule has 0 spiro atoms. The topological polar surface area (TPSA) is 64.9 Å². The minimum atomic E-state index is -0.607. The molecule has 2 aromatic rings. The third-order valence-corrected chi connectivity index (χ3v) is 3.08. The van der Waals surface area contributed by atoms with Gasteiger partial charge in [-0.2, -0.15) is 4.98 Å². The molecule has 0 saturated carbocycles. The van der Waals surface area contributed by atoms with Crippen LogP contribution in [0.1, 0.15) is 30.2 Å². The molecule has 2 N–H and O–H groups in total. The van der Waals surface area contributed by atoms with Gasteiger partial charge in [-0.05, 0) is 23.8 Å². The summed E-state index contributed by atoms with van der Waals surface area (Å²) in [5.41, 5.74) is 6.56. The largest absolute Gasteiger partial charge is 0.339 e. The maximum absolute atomic E-state index is 13.2. The molecule has 1 aromatic heterocycles. The van der Waals surface area contributed by atoms with Gasteiger partial charge in [-0.1, -0.05) is 28.0 Å². The second-order valence-electron chi connectivity index (χ2n) is 3.54. The van der Waals surface area contributed by atoms with Crippen molar-refractivity contribution in [2.24, 2.45) is 5.73 Å². The van der Waals surface area contributed by atoms with Crippen LogP contribution in [0.25, 0.3) is 0 Å². The number of hydrogen-bond acceptors (Lipinski definition) is 4. The van der Waals surface area contributed by atoms with Crippen molar-refractivity contribution in [1.29, 1.82) is 0 Å². The predicted molar refractivity (Wildman–Crippen MR) is 63.8 cm³/mol. The van der Waals surface area contributed by atoms with E-state index in [0.29, 0.717) is 28.2 Å². The number of rotatable bonds is 3. The van der Waals surface area contributed by atoms with Gasteiger partial charge in [0.1, 0.15) is 5.82 Å². The lowest BCUT2D eigenvalue weighted by atomic mass is 10.1. The van der Waals surface area contributed by atoms with Gasteiger partial charge in [0.25, 0.3) is 0 Å². The molecular weight excluding hydrogens is 289 g/mol. The fourth-order valence-corrected chi connectivity index (χ4v) is 1.92. The van der Waals surface area contributed by atoms with Gasteiger partial charge in [-0.25, -0.2) is 4.39 Å². The molecule has 0 aliphatic rings. The Bertz CT molecular complexity index is 529. The molecule has 4 nitrogen and oxygen atoms in total. The fraction of sp³-hybridized carbons (Fsp3) is 0.273. The molecule has 1 unspecified atom stereocenters. The van der Waals surface area contributed by atoms with E-state index in [9.17, 15) is 4.39 Å². The van der Waals surface area contributed by atoms with Gasteiger partial charge in [0.2, 0.25) is 5.89 Å². The van der Waals surface area contributed by atoms with E-state index in [1.165, 1.54) is 12.1 Å². The molecule has 90 valence electrons. The number of benzene rings is 1. The summed E-state index contributed by atoms with van der Waals surface area (Å²) in [6.07, 6.45) is 0.643. The van der Waals surface area contributed by atoms with Crippen molar-refractivity contribution in [2.75, 3.05) is 0 Å². The second kappa shape index (κ2) is 4.93. The van der Waals surface area contributed by atoms with Crippen LogP contribution in [0.2, 0.25) is 0 Å². The summed E-state index contributed by atoms with van der Waals surface area (Å²) >= 11 is 3.32. The number of aromatic nitrogens is 2. The number of nitrogens with two attached hydrogens (primary N) is 1. The molecule has 0 saturated heterocycles. The minimum absolute atomic E-state index is 0.349. The van der Waals surface area contributed by atoms with Crippen LogP contribution in [0.3, 0.4) is 0 Å². The van der Waals surface area contributed by atoms with Crippen molar-refractivity contribution in [1.82, 2.24) is 10.1 Å². The molecule has 1 atom stereocenters. The zero-order valence-electron chi connectivity index (χ0n) is 9.15. The van der Waals surface area contributed by atoms with E-state index >= 15 is 0 Å². The summed E-state index contributed by atoms with van der Waals surface area (Å²) in [6.45, 7) is 1.90. The molecule has 1 aromatic carbocycles. The van der Waals surface area contributed by atoms with Crippen LogP contribution >= 0.6 is 15.9 Å². The Morgan fingerprint density at radius 2 is 2.29 bits per heavy atom. The number of hydrogen-bond donors (Lipinski definition) is 1.